The zero-order chi connectivity index (χ0) is 13.1. The predicted molar refractivity (Wildman–Crippen MR) is 72.2 cm³/mol. The highest BCUT2D eigenvalue weighted by molar-refractivity contribution is 7.19. The molecule has 94 valence electrons. The lowest BCUT2D eigenvalue weighted by molar-refractivity contribution is 0.414. The molecule has 2 rings (SSSR count). The third kappa shape index (κ3) is 2.57. The summed E-state index contributed by atoms with van der Waals surface area (Å²) in [5.74, 6) is 0.614. The number of aromatic nitrogens is 2. The molecular formula is C11H13N5OS. The molecule has 4 N–H and O–H groups in total. The number of methoxy groups -OCH3 is 1. The Hall–Kier alpha value is -2.15. The molecule has 0 fully saturated rings. The first kappa shape index (κ1) is 12.3. The second kappa shape index (κ2) is 5.01. The minimum atomic E-state index is -0.131. The molecule has 0 radical (unpaired) electrons. The lowest BCUT2D eigenvalue weighted by Crippen LogP contribution is -2.20. The van der Waals surface area contributed by atoms with Crippen molar-refractivity contribution in [2.75, 3.05) is 12.4 Å². The van der Waals surface area contributed by atoms with E-state index in [1.807, 2.05) is 13.0 Å². The van der Waals surface area contributed by atoms with Crippen LogP contribution in [0.5, 0.6) is 5.75 Å². The highest BCUT2D eigenvalue weighted by atomic mass is 32.1. The number of rotatable bonds is 3. The number of nitrogens with one attached hydrogen (secondary N) is 2. The van der Waals surface area contributed by atoms with Gasteiger partial charge < -0.3 is 15.8 Å². The maximum atomic E-state index is 7.18. The molecule has 0 aromatic carbocycles. The molecule has 0 atom stereocenters. The van der Waals surface area contributed by atoms with Crippen LogP contribution >= 0.6 is 11.3 Å². The van der Waals surface area contributed by atoms with Crippen molar-refractivity contribution < 1.29 is 4.74 Å². The maximum absolute atomic E-state index is 7.18. The Morgan fingerprint density at radius 3 is 3.00 bits per heavy atom. The minimum absolute atomic E-state index is 0.131. The fourth-order valence-corrected chi connectivity index (χ4v) is 2.41. The van der Waals surface area contributed by atoms with Gasteiger partial charge in [0.25, 0.3) is 0 Å². The minimum Gasteiger partial charge on any atom is -0.497 e. The van der Waals surface area contributed by atoms with E-state index in [0.717, 1.165) is 22.0 Å². The van der Waals surface area contributed by atoms with Crippen LogP contribution in [0.2, 0.25) is 0 Å². The van der Waals surface area contributed by atoms with Gasteiger partial charge in [0.15, 0.2) is 11.1 Å². The molecule has 0 bridgehead atoms. The number of anilines is 1. The second-order valence-corrected chi connectivity index (χ2v) is 4.55. The number of nitrogens with zero attached hydrogens (tertiary/aromatic N) is 2. The molecular weight excluding hydrogens is 250 g/mol. The van der Waals surface area contributed by atoms with Crippen LogP contribution in [0.1, 0.15) is 5.69 Å². The molecule has 2 aromatic rings. The monoisotopic (exact) mass is 263 g/mol. The summed E-state index contributed by atoms with van der Waals surface area (Å²) in [6.07, 6.45) is 1.69. The van der Waals surface area contributed by atoms with E-state index < -0.39 is 0 Å². The van der Waals surface area contributed by atoms with Crippen LogP contribution in [0, 0.1) is 12.3 Å². The Kier molecular flexibility index (Phi) is 3.42. The topological polar surface area (TPSA) is 96.9 Å². The summed E-state index contributed by atoms with van der Waals surface area (Å²) < 4.78 is 5.16. The Labute approximate surface area is 108 Å². The summed E-state index contributed by atoms with van der Waals surface area (Å²) in [5.41, 5.74) is 6.90. The molecule has 6 nitrogen and oxygen atoms in total. The molecule has 0 saturated carbocycles. The van der Waals surface area contributed by atoms with Crippen molar-refractivity contribution in [3.63, 3.8) is 0 Å². The largest absolute Gasteiger partial charge is 0.497 e. The zero-order valence-electron chi connectivity index (χ0n) is 10.0. The van der Waals surface area contributed by atoms with Crippen LogP contribution in [0.3, 0.4) is 0 Å². The van der Waals surface area contributed by atoms with Crippen molar-refractivity contribution in [1.82, 2.24) is 9.97 Å². The number of nitrogens with two attached hydrogens (primary N) is 1. The summed E-state index contributed by atoms with van der Waals surface area (Å²) in [6, 6.07) is 3.63. The van der Waals surface area contributed by atoms with Crippen molar-refractivity contribution in [2.24, 2.45) is 5.73 Å². The Bertz CT molecular complexity index is 581. The predicted octanol–water partition coefficient (Wildman–Crippen LogP) is 1.83. The Balaban J connectivity index is 2.37. The quantitative estimate of drug-likeness (QED) is 0.580. The third-order valence-corrected chi connectivity index (χ3v) is 3.33. The molecule has 2 aromatic heterocycles. The average molecular weight is 263 g/mol. The van der Waals surface area contributed by atoms with E-state index in [9.17, 15) is 0 Å². The van der Waals surface area contributed by atoms with Crippen LogP contribution in [0.4, 0.5) is 5.13 Å². The van der Waals surface area contributed by atoms with Crippen LogP contribution in [0.15, 0.2) is 18.3 Å². The molecule has 0 spiro atoms. The first-order valence-electron chi connectivity index (χ1n) is 5.19. The van der Waals surface area contributed by atoms with Crippen molar-refractivity contribution >= 4 is 22.4 Å². The lowest BCUT2D eigenvalue weighted by atomic mass is 10.2. The van der Waals surface area contributed by atoms with Gasteiger partial charge in [-0.1, -0.05) is 11.3 Å². The summed E-state index contributed by atoms with van der Waals surface area (Å²) in [5, 5.41) is 10.4. The van der Waals surface area contributed by atoms with E-state index in [1.54, 1.807) is 19.4 Å². The summed E-state index contributed by atoms with van der Waals surface area (Å²) in [4.78, 5) is 9.51. The van der Waals surface area contributed by atoms with Gasteiger partial charge in [-0.25, -0.2) is 4.98 Å². The number of ether oxygens (including phenoxy) is 1. The van der Waals surface area contributed by atoms with E-state index in [-0.39, 0.29) is 5.96 Å². The average Bonchev–Trinajstić information content (AvgIpc) is 2.69. The highest BCUT2D eigenvalue weighted by Gasteiger charge is 2.11. The van der Waals surface area contributed by atoms with Crippen molar-refractivity contribution in [3.8, 4) is 16.3 Å². The molecule has 7 heteroatoms. The van der Waals surface area contributed by atoms with Gasteiger partial charge in [0, 0.05) is 12.3 Å². The van der Waals surface area contributed by atoms with Gasteiger partial charge in [-0.15, -0.1) is 0 Å². The number of aryl methyl sites for hydroxylation is 1. The fourth-order valence-electron chi connectivity index (χ4n) is 1.47. The molecule has 0 unspecified atom stereocenters. The van der Waals surface area contributed by atoms with E-state index >= 15 is 0 Å². The van der Waals surface area contributed by atoms with Gasteiger partial charge in [-0.3, -0.25) is 10.4 Å². The van der Waals surface area contributed by atoms with Gasteiger partial charge in [0.2, 0.25) is 0 Å². The number of pyridine rings is 1. The third-order valence-electron chi connectivity index (χ3n) is 2.24. The second-order valence-electron chi connectivity index (χ2n) is 3.55. The van der Waals surface area contributed by atoms with Crippen molar-refractivity contribution in [3.05, 3.63) is 24.0 Å². The maximum Gasteiger partial charge on any atom is 0.192 e. The zero-order valence-corrected chi connectivity index (χ0v) is 10.8. The standard InChI is InChI=1S/C11H13N5OS/c1-6-9(18-11(15-6)16-10(12)13)8-5-7(17-2)3-4-14-8/h3-5H,1-2H3,(H4,12,13,15,16). The van der Waals surface area contributed by atoms with Crippen molar-refractivity contribution in [1.29, 1.82) is 5.41 Å². The van der Waals surface area contributed by atoms with Gasteiger partial charge in [0.05, 0.1) is 23.4 Å². The first-order valence-corrected chi connectivity index (χ1v) is 6.00. The number of thiazole rings is 1. The Morgan fingerprint density at radius 1 is 1.56 bits per heavy atom. The number of hydrogen-bond acceptors (Lipinski definition) is 5. The highest BCUT2D eigenvalue weighted by Crippen LogP contribution is 2.32. The SMILES string of the molecule is COc1ccnc(-c2sc(NC(=N)N)nc2C)c1. The van der Waals surface area contributed by atoms with E-state index in [4.69, 9.17) is 15.9 Å². The molecule has 0 saturated heterocycles. The molecule has 0 aliphatic rings. The van der Waals surface area contributed by atoms with Crippen LogP contribution in [-0.2, 0) is 0 Å². The molecule has 0 aliphatic carbocycles. The normalized spacial score (nSPS) is 10.1. The summed E-state index contributed by atoms with van der Waals surface area (Å²) >= 11 is 1.40. The smallest absolute Gasteiger partial charge is 0.192 e. The van der Waals surface area contributed by atoms with Crippen LogP contribution < -0.4 is 15.8 Å². The Morgan fingerprint density at radius 2 is 2.33 bits per heavy atom. The van der Waals surface area contributed by atoms with Gasteiger partial charge in [-0.05, 0) is 13.0 Å². The van der Waals surface area contributed by atoms with E-state index in [1.165, 1.54) is 11.3 Å². The van der Waals surface area contributed by atoms with Crippen LogP contribution in [0.25, 0.3) is 10.6 Å². The molecule has 2 heterocycles. The summed E-state index contributed by atoms with van der Waals surface area (Å²) in [7, 11) is 1.61. The first-order chi connectivity index (χ1) is 8.60. The summed E-state index contributed by atoms with van der Waals surface area (Å²) in [6.45, 7) is 1.89. The van der Waals surface area contributed by atoms with Gasteiger partial charge >= 0.3 is 0 Å². The fraction of sp³-hybridized carbons (Fsp3) is 0.182. The van der Waals surface area contributed by atoms with Crippen LogP contribution in [-0.4, -0.2) is 23.0 Å². The van der Waals surface area contributed by atoms with E-state index in [2.05, 4.69) is 15.3 Å². The molecule has 0 aliphatic heterocycles. The lowest BCUT2D eigenvalue weighted by Gasteiger charge is -2.01. The van der Waals surface area contributed by atoms with Gasteiger partial charge in [-0.2, -0.15) is 0 Å². The van der Waals surface area contributed by atoms with Gasteiger partial charge in [0.1, 0.15) is 5.75 Å². The molecule has 18 heavy (non-hydrogen) atoms. The van der Waals surface area contributed by atoms with E-state index in [0.29, 0.717) is 5.13 Å². The van der Waals surface area contributed by atoms with Crippen molar-refractivity contribution in [2.45, 2.75) is 6.92 Å². The number of guanidine groups is 1. The molecule has 0 amide bonds. The number of hydrogen-bond donors (Lipinski definition) is 3.